The second-order valence-electron chi connectivity index (χ2n) is 15.1. The minimum atomic E-state index is -1.53. The lowest BCUT2D eigenvalue weighted by Crippen LogP contribution is -2.59. The fourth-order valence-corrected chi connectivity index (χ4v) is 6.64. The van der Waals surface area contributed by atoms with Gasteiger partial charge in [0.1, 0.15) is 30.5 Å². The zero-order valence-corrected chi connectivity index (χ0v) is 34.0. The zero-order chi connectivity index (χ0) is 38.6. The van der Waals surface area contributed by atoms with Crippen molar-refractivity contribution in [3.05, 3.63) is 24.3 Å². The quantitative estimate of drug-likeness (QED) is 0.0278. The van der Waals surface area contributed by atoms with Crippen LogP contribution in [0.4, 0.5) is 0 Å². The van der Waals surface area contributed by atoms with Crippen LogP contribution in [0.2, 0.25) is 0 Å². The van der Waals surface area contributed by atoms with Crippen LogP contribution in [0, 0.1) is 0 Å². The van der Waals surface area contributed by atoms with Crippen molar-refractivity contribution in [2.75, 3.05) is 26.4 Å². The van der Waals surface area contributed by atoms with Crippen LogP contribution in [0.3, 0.4) is 0 Å². The largest absolute Gasteiger partial charge is 0.457 e. The number of allylic oxidation sites excluding steroid dienone is 4. The Morgan fingerprint density at radius 2 is 1.09 bits per heavy atom. The van der Waals surface area contributed by atoms with E-state index < -0.39 is 43.4 Å². The van der Waals surface area contributed by atoms with E-state index in [1.807, 2.05) is 0 Å². The molecule has 4 N–H and O–H groups in total. The minimum Gasteiger partial charge on any atom is -0.457 e. The molecule has 9 nitrogen and oxygen atoms in total. The molecule has 0 spiro atoms. The third-order valence-corrected chi connectivity index (χ3v) is 10.1. The number of esters is 1. The van der Waals surface area contributed by atoms with E-state index in [2.05, 4.69) is 38.2 Å². The summed E-state index contributed by atoms with van der Waals surface area (Å²) in [5, 5.41) is 39.9. The topological polar surface area (TPSA) is 135 Å². The van der Waals surface area contributed by atoms with Crippen LogP contribution in [0.25, 0.3) is 0 Å². The first-order valence-corrected chi connectivity index (χ1v) is 21.9. The van der Waals surface area contributed by atoms with Crippen LogP contribution in [0.15, 0.2) is 24.3 Å². The van der Waals surface area contributed by atoms with Crippen molar-refractivity contribution in [3.8, 4) is 0 Å². The molecule has 0 aromatic heterocycles. The Labute approximate surface area is 324 Å². The number of aliphatic hydroxyl groups excluding tert-OH is 4. The molecule has 6 unspecified atom stereocenters. The summed E-state index contributed by atoms with van der Waals surface area (Å²) >= 11 is 0. The summed E-state index contributed by atoms with van der Waals surface area (Å²) in [4.78, 5) is 12.6. The lowest BCUT2D eigenvalue weighted by Gasteiger charge is -2.39. The number of aliphatic hydroxyl groups is 4. The highest BCUT2D eigenvalue weighted by Crippen LogP contribution is 2.22. The van der Waals surface area contributed by atoms with Crippen molar-refractivity contribution in [3.63, 3.8) is 0 Å². The fourth-order valence-electron chi connectivity index (χ4n) is 6.64. The number of carbonyl (C=O) groups is 1. The first-order chi connectivity index (χ1) is 25.9. The highest BCUT2D eigenvalue weighted by Gasteiger charge is 2.44. The molecular weight excluding hydrogens is 672 g/mol. The fraction of sp³-hybridized carbons (Fsp3) is 0.886. The van der Waals surface area contributed by atoms with Gasteiger partial charge < -0.3 is 39.4 Å². The second kappa shape index (κ2) is 36.3. The molecule has 0 aromatic carbocycles. The second-order valence-corrected chi connectivity index (χ2v) is 15.1. The molecule has 0 bridgehead atoms. The van der Waals surface area contributed by atoms with Gasteiger partial charge in [-0.3, -0.25) is 4.79 Å². The molecule has 312 valence electrons. The first-order valence-electron chi connectivity index (χ1n) is 21.9. The number of hydrogen-bond donors (Lipinski definition) is 4. The van der Waals surface area contributed by atoms with Crippen LogP contribution in [-0.4, -0.2) is 89.6 Å². The summed E-state index contributed by atoms with van der Waals surface area (Å²) in [7, 11) is 0. The summed E-state index contributed by atoms with van der Waals surface area (Å²) in [5.41, 5.74) is 0. The Kier molecular flexibility index (Phi) is 34.0. The number of unbranched alkanes of at least 4 members (excludes halogenated alkanes) is 22. The van der Waals surface area contributed by atoms with E-state index in [1.54, 1.807) is 0 Å². The summed E-state index contributed by atoms with van der Waals surface area (Å²) in [6, 6.07) is 0. The Hall–Kier alpha value is -1.33. The van der Waals surface area contributed by atoms with Crippen LogP contribution >= 0.6 is 0 Å². The molecule has 0 aromatic rings. The maximum atomic E-state index is 12.6. The SMILES string of the molecule is CCCCCCC/C=C\C/C=C\CCCCCCCCCCCCCCOCC(COC1OC(CO)C(O)C(O)C1O)OC(=O)CCCCCCCC. The van der Waals surface area contributed by atoms with E-state index in [1.165, 1.54) is 128 Å². The van der Waals surface area contributed by atoms with E-state index in [0.717, 1.165) is 38.5 Å². The smallest absolute Gasteiger partial charge is 0.306 e. The molecule has 0 saturated carbocycles. The van der Waals surface area contributed by atoms with Crippen molar-refractivity contribution in [2.45, 2.75) is 224 Å². The third-order valence-electron chi connectivity index (χ3n) is 10.1. The van der Waals surface area contributed by atoms with E-state index in [0.29, 0.717) is 13.0 Å². The van der Waals surface area contributed by atoms with Crippen molar-refractivity contribution in [1.82, 2.24) is 0 Å². The van der Waals surface area contributed by atoms with Gasteiger partial charge in [-0.2, -0.15) is 0 Å². The van der Waals surface area contributed by atoms with Crippen molar-refractivity contribution < 1.29 is 44.2 Å². The Balaban J connectivity index is 2.12. The highest BCUT2D eigenvalue weighted by molar-refractivity contribution is 5.69. The van der Waals surface area contributed by atoms with E-state index in [4.69, 9.17) is 18.9 Å². The van der Waals surface area contributed by atoms with E-state index in [9.17, 15) is 25.2 Å². The molecule has 1 aliphatic heterocycles. The molecule has 1 fully saturated rings. The molecular formula is C44H82O9. The highest BCUT2D eigenvalue weighted by atomic mass is 16.7. The predicted molar refractivity (Wildman–Crippen MR) is 215 cm³/mol. The van der Waals surface area contributed by atoms with Crippen molar-refractivity contribution in [1.29, 1.82) is 0 Å². The van der Waals surface area contributed by atoms with Gasteiger partial charge in [-0.05, 0) is 44.9 Å². The maximum absolute atomic E-state index is 12.6. The molecule has 1 heterocycles. The molecule has 6 atom stereocenters. The monoisotopic (exact) mass is 755 g/mol. The first kappa shape index (κ1) is 49.7. The van der Waals surface area contributed by atoms with Gasteiger partial charge in [-0.25, -0.2) is 0 Å². The van der Waals surface area contributed by atoms with Gasteiger partial charge in [0, 0.05) is 13.0 Å². The zero-order valence-electron chi connectivity index (χ0n) is 34.0. The molecule has 1 rings (SSSR count). The Morgan fingerprint density at radius 1 is 0.604 bits per heavy atom. The molecule has 1 saturated heterocycles. The van der Waals surface area contributed by atoms with Gasteiger partial charge in [-0.1, -0.05) is 160 Å². The number of ether oxygens (including phenoxy) is 4. The summed E-state index contributed by atoms with van der Waals surface area (Å²) in [5.74, 6) is -0.322. The molecule has 53 heavy (non-hydrogen) atoms. The number of carbonyl (C=O) groups excluding carboxylic acids is 1. The summed E-state index contributed by atoms with van der Waals surface area (Å²) < 4.78 is 22.7. The average Bonchev–Trinajstić information content (AvgIpc) is 3.16. The standard InChI is InChI=1S/C44H82O9/c1-3-5-7-9-11-12-13-14-15-16-17-18-19-20-21-22-23-24-25-26-27-28-30-32-34-50-36-38(52-40(46)33-31-29-10-8-6-4-2)37-51-44-43(49)42(48)41(47)39(35-45)53-44/h13-14,16-17,38-39,41-45,47-49H,3-12,15,18-37H2,1-2H3/b14-13-,17-16-. The van der Waals surface area contributed by atoms with Crippen LogP contribution < -0.4 is 0 Å². The number of rotatable bonds is 37. The van der Waals surface area contributed by atoms with Crippen molar-refractivity contribution in [2.24, 2.45) is 0 Å². The van der Waals surface area contributed by atoms with Crippen molar-refractivity contribution >= 4 is 5.97 Å². The maximum Gasteiger partial charge on any atom is 0.306 e. The summed E-state index contributed by atoms with van der Waals surface area (Å²) in [6.07, 6.45) is 33.9. The van der Waals surface area contributed by atoms with Crippen LogP contribution in [0.1, 0.15) is 187 Å². The molecule has 0 amide bonds. The van der Waals surface area contributed by atoms with Crippen LogP contribution in [0.5, 0.6) is 0 Å². The van der Waals surface area contributed by atoms with Gasteiger partial charge >= 0.3 is 5.97 Å². The average molecular weight is 755 g/mol. The van der Waals surface area contributed by atoms with Gasteiger partial charge in [-0.15, -0.1) is 0 Å². The molecule has 0 radical (unpaired) electrons. The Morgan fingerprint density at radius 3 is 1.62 bits per heavy atom. The molecule has 9 heteroatoms. The van der Waals surface area contributed by atoms with Crippen LogP contribution in [-0.2, 0) is 23.7 Å². The predicted octanol–water partition coefficient (Wildman–Crippen LogP) is 9.42. The Bertz CT molecular complexity index is 864. The molecule has 0 aliphatic carbocycles. The van der Waals surface area contributed by atoms with Gasteiger partial charge in [0.2, 0.25) is 0 Å². The molecule has 1 aliphatic rings. The van der Waals surface area contributed by atoms with Gasteiger partial charge in [0.05, 0.1) is 19.8 Å². The van der Waals surface area contributed by atoms with Gasteiger partial charge in [0.25, 0.3) is 0 Å². The lowest BCUT2D eigenvalue weighted by molar-refractivity contribution is -0.305. The lowest BCUT2D eigenvalue weighted by atomic mass is 9.99. The number of hydrogen-bond acceptors (Lipinski definition) is 9. The third kappa shape index (κ3) is 27.8. The normalized spacial score (nSPS) is 21.2. The minimum absolute atomic E-state index is 0.111. The van der Waals surface area contributed by atoms with E-state index in [-0.39, 0.29) is 19.2 Å². The van der Waals surface area contributed by atoms with Gasteiger partial charge in [0.15, 0.2) is 6.29 Å². The summed E-state index contributed by atoms with van der Waals surface area (Å²) in [6.45, 7) is 4.49. The van der Waals surface area contributed by atoms with E-state index >= 15 is 0 Å².